The van der Waals surface area contributed by atoms with Crippen LogP contribution in [0.3, 0.4) is 0 Å². The van der Waals surface area contributed by atoms with Crippen LogP contribution in [0.5, 0.6) is 0 Å². The molecule has 0 bridgehead atoms. The number of carbonyl (C=O) groups is 1. The van der Waals surface area contributed by atoms with E-state index in [4.69, 9.17) is 0 Å². The fourth-order valence-electron chi connectivity index (χ4n) is 2.01. The smallest absolute Gasteiger partial charge is 0.274 e. The lowest BCUT2D eigenvalue weighted by atomic mass is 9.97. The molecule has 1 aliphatic heterocycles. The molecule has 1 atom stereocenters. The van der Waals surface area contributed by atoms with E-state index in [0.717, 1.165) is 6.54 Å². The normalized spacial score (nSPS) is 23.5. The molecule has 0 spiro atoms. The summed E-state index contributed by atoms with van der Waals surface area (Å²) in [5.41, 5.74) is 0.218. The Morgan fingerprint density at radius 2 is 2.29 bits per heavy atom. The van der Waals surface area contributed by atoms with Crippen molar-refractivity contribution >= 4 is 5.91 Å². The average Bonchev–Trinajstić information content (AvgIpc) is 2.33. The molecule has 5 nitrogen and oxygen atoms in total. The van der Waals surface area contributed by atoms with Gasteiger partial charge in [-0.05, 0) is 20.8 Å². The first-order chi connectivity index (χ1) is 8.00. The number of nitrogens with zero attached hydrogens (tertiary/aromatic N) is 3. The summed E-state index contributed by atoms with van der Waals surface area (Å²) in [5, 5.41) is 3.38. The van der Waals surface area contributed by atoms with Crippen LogP contribution in [0, 0.1) is 0 Å². The Morgan fingerprint density at radius 1 is 1.53 bits per heavy atom. The monoisotopic (exact) mass is 234 g/mol. The van der Waals surface area contributed by atoms with Gasteiger partial charge in [-0.15, -0.1) is 0 Å². The molecule has 1 aromatic rings. The van der Waals surface area contributed by atoms with Crippen LogP contribution in [0.25, 0.3) is 0 Å². The summed E-state index contributed by atoms with van der Waals surface area (Å²) >= 11 is 0. The number of amides is 1. The predicted octanol–water partition coefficient (Wildman–Crippen LogP) is 0.689. The van der Waals surface area contributed by atoms with Gasteiger partial charge in [0.15, 0.2) is 0 Å². The van der Waals surface area contributed by atoms with Gasteiger partial charge in [-0.2, -0.15) is 0 Å². The van der Waals surface area contributed by atoms with Gasteiger partial charge in [0.2, 0.25) is 0 Å². The average molecular weight is 234 g/mol. The molecule has 0 radical (unpaired) electrons. The van der Waals surface area contributed by atoms with Gasteiger partial charge in [0, 0.05) is 31.5 Å². The van der Waals surface area contributed by atoms with Gasteiger partial charge in [-0.25, -0.2) is 4.98 Å². The van der Waals surface area contributed by atoms with E-state index in [2.05, 4.69) is 36.1 Å². The molecule has 1 fully saturated rings. The molecule has 1 N–H and O–H groups in total. The van der Waals surface area contributed by atoms with E-state index < -0.39 is 0 Å². The Morgan fingerprint density at radius 3 is 2.94 bits per heavy atom. The quantitative estimate of drug-likeness (QED) is 0.776. The second kappa shape index (κ2) is 4.41. The van der Waals surface area contributed by atoms with Gasteiger partial charge in [0.25, 0.3) is 5.91 Å². The highest BCUT2D eigenvalue weighted by Gasteiger charge is 2.36. The molecular weight excluding hydrogens is 216 g/mol. The Bertz CT molecular complexity index is 404. The molecule has 0 saturated carbocycles. The molecule has 1 unspecified atom stereocenters. The maximum Gasteiger partial charge on any atom is 0.274 e. The maximum atomic E-state index is 12.4. The minimum Gasteiger partial charge on any atom is -0.329 e. The third-order valence-corrected chi connectivity index (χ3v) is 3.10. The summed E-state index contributed by atoms with van der Waals surface area (Å²) in [7, 11) is 0. The van der Waals surface area contributed by atoms with E-state index in [1.54, 1.807) is 12.4 Å². The van der Waals surface area contributed by atoms with Crippen molar-refractivity contribution in [3.8, 4) is 0 Å². The molecule has 5 heteroatoms. The number of carbonyl (C=O) groups excluding carboxylic acids is 1. The molecular formula is C12H18N4O. The molecule has 0 aliphatic carbocycles. The molecule has 1 aromatic heterocycles. The van der Waals surface area contributed by atoms with Crippen molar-refractivity contribution in [2.45, 2.75) is 32.4 Å². The third kappa shape index (κ3) is 2.44. The van der Waals surface area contributed by atoms with Gasteiger partial charge < -0.3 is 10.2 Å². The van der Waals surface area contributed by atoms with Crippen molar-refractivity contribution in [1.82, 2.24) is 20.2 Å². The molecule has 2 rings (SSSR count). The van der Waals surface area contributed by atoms with E-state index in [-0.39, 0.29) is 11.4 Å². The Balaban J connectivity index is 2.23. The van der Waals surface area contributed by atoms with Crippen molar-refractivity contribution in [3.63, 3.8) is 0 Å². The van der Waals surface area contributed by atoms with Crippen molar-refractivity contribution in [2.75, 3.05) is 13.1 Å². The van der Waals surface area contributed by atoms with E-state index >= 15 is 0 Å². The zero-order valence-corrected chi connectivity index (χ0v) is 10.5. The van der Waals surface area contributed by atoms with Crippen molar-refractivity contribution in [3.05, 3.63) is 24.3 Å². The van der Waals surface area contributed by atoms with Gasteiger partial charge in [0.1, 0.15) is 5.69 Å². The second-order valence-electron chi connectivity index (χ2n) is 5.10. The van der Waals surface area contributed by atoms with Crippen molar-refractivity contribution < 1.29 is 4.79 Å². The second-order valence-corrected chi connectivity index (χ2v) is 5.10. The first-order valence-electron chi connectivity index (χ1n) is 5.82. The number of piperazine rings is 1. The Hall–Kier alpha value is -1.49. The van der Waals surface area contributed by atoms with Crippen LogP contribution in [0.2, 0.25) is 0 Å². The Labute approximate surface area is 101 Å². The summed E-state index contributed by atoms with van der Waals surface area (Å²) in [5.74, 6) is -0.0450. The topological polar surface area (TPSA) is 58.1 Å². The van der Waals surface area contributed by atoms with Crippen molar-refractivity contribution in [1.29, 1.82) is 0 Å². The van der Waals surface area contributed by atoms with Crippen LogP contribution < -0.4 is 5.32 Å². The molecule has 2 heterocycles. The molecule has 17 heavy (non-hydrogen) atoms. The van der Waals surface area contributed by atoms with Gasteiger partial charge in [-0.3, -0.25) is 9.78 Å². The van der Waals surface area contributed by atoms with Crippen LogP contribution >= 0.6 is 0 Å². The number of hydrogen-bond acceptors (Lipinski definition) is 4. The van der Waals surface area contributed by atoms with E-state index in [0.29, 0.717) is 18.3 Å². The third-order valence-electron chi connectivity index (χ3n) is 3.10. The fraction of sp³-hybridized carbons (Fsp3) is 0.583. The highest BCUT2D eigenvalue weighted by molar-refractivity contribution is 5.92. The van der Waals surface area contributed by atoms with E-state index in [9.17, 15) is 4.79 Å². The number of aromatic nitrogens is 2. The lowest BCUT2D eigenvalue weighted by Gasteiger charge is -2.45. The van der Waals surface area contributed by atoms with E-state index in [1.807, 2.05) is 4.90 Å². The van der Waals surface area contributed by atoms with E-state index in [1.165, 1.54) is 6.20 Å². The summed E-state index contributed by atoms with van der Waals surface area (Å²) in [6.45, 7) is 7.68. The highest BCUT2D eigenvalue weighted by Crippen LogP contribution is 2.20. The summed E-state index contributed by atoms with van der Waals surface area (Å²) < 4.78 is 0. The fourth-order valence-corrected chi connectivity index (χ4v) is 2.01. The summed E-state index contributed by atoms with van der Waals surface area (Å²) in [6, 6.07) is 0.309. The van der Waals surface area contributed by atoms with Crippen LogP contribution in [-0.4, -0.2) is 45.4 Å². The van der Waals surface area contributed by atoms with Gasteiger partial charge in [-0.1, -0.05) is 0 Å². The molecule has 1 aliphatic rings. The number of nitrogens with one attached hydrogen (secondary N) is 1. The molecule has 1 saturated heterocycles. The van der Waals surface area contributed by atoms with Gasteiger partial charge in [0.05, 0.1) is 11.7 Å². The highest BCUT2D eigenvalue weighted by atomic mass is 16.2. The zero-order chi connectivity index (χ0) is 12.5. The van der Waals surface area contributed by atoms with Crippen LogP contribution in [0.15, 0.2) is 18.6 Å². The van der Waals surface area contributed by atoms with Gasteiger partial charge >= 0.3 is 0 Å². The number of rotatable bonds is 1. The molecule has 1 amide bonds. The largest absolute Gasteiger partial charge is 0.329 e. The zero-order valence-electron chi connectivity index (χ0n) is 10.5. The SMILES string of the molecule is CC1CN(C(=O)c2cnccn2)C(C)(C)CN1. The minimum atomic E-state index is -0.193. The number of hydrogen-bond donors (Lipinski definition) is 1. The summed E-state index contributed by atoms with van der Waals surface area (Å²) in [6.07, 6.45) is 4.64. The minimum absolute atomic E-state index is 0.0450. The van der Waals surface area contributed by atoms with Crippen LogP contribution in [0.1, 0.15) is 31.3 Å². The summed E-state index contributed by atoms with van der Waals surface area (Å²) in [4.78, 5) is 22.2. The van der Waals surface area contributed by atoms with Crippen LogP contribution in [-0.2, 0) is 0 Å². The molecule has 0 aromatic carbocycles. The Kier molecular flexibility index (Phi) is 3.11. The lowest BCUT2D eigenvalue weighted by Crippen LogP contribution is -2.63. The van der Waals surface area contributed by atoms with Crippen LogP contribution in [0.4, 0.5) is 0 Å². The molecule has 92 valence electrons. The predicted molar refractivity (Wildman–Crippen MR) is 64.6 cm³/mol. The first kappa shape index (κ1) is 12.0. The standard InChI is InChI=1S/C12H18N4O/c1-9-7-16(12(2,3)8-15-9)11(17)10-6-13-4-5-14-10/h4-6,9,15H,7-8H2,1-3H3. The lowest BCUT2D eigenvalue weighted by molar-refractivity contribution is 0.0405. The van der Waals surface area contributed by atoms with Crippen molar-refractivity contribution in [2.24, 2.45) is 0 Å². The first-order valence-corrected chi connectivity index (χ1v) is 5.82. The maximum absolute atomic E-state index is 12.4.